The minimum Gasteiger partial charge on any atom is -0.490 e. The Balaban J connectivity index is 1.59. The Morgan fingerprint density at radius 2 is 2.05 bits per heavy atom. The number of ether oxygens (including phenoxy) is 2. The summed E-state index contributed by atoms with van der Waals surface area (Å²) in [5, 5.41) is 0. The highest BCUT2D eigenvalue weighted by atomic mass is 16.5. The predicted molar refractivity (Wildman–Crippen MR) is 76.6 cm³/mol. The van der Waals surface area contributed by atoms with Crippen LogP contribution in [0.25, 0.3) is 0 Å². The van der Waals surface area contributed by atoms with Crippen LogP contribution in [-0.4, -0.2) is 19.0 Å². The number of fused-ring (bicyclic) bond motifs is 1. The molecule has 1 atom stereocenters. The van der Waals surface area contributed by atoms with Gasteiger partial charge in [0, 0.05) is 12.0 Å². The molecule has 0 bridgehead atoms. The largest absolute Gasteiger partial charge is 0.490 e. The fourth-order valence-corrected chi connectivity index (χ4v) is 2.37. The van der Waals surface area contributed by atoms with Gasteiger partial charge in [0.15, 0.2) is 0 Å². The van der Waals surface area contributed by atoms with Crippen LogP contribution in [-0.2, 0) is 6.42 Å². The van der Waals surface area contributed by atoms with E-state index in [1.807, 2.05) is 6.07 Å². The third-order valence-electron chi connectivity index (χ3n) is 3.41. The van der Waals surface area contributed by atoms with Crippen LogP contribution in [0.15, 0.2) is 42.5 Å². The number of carbonyl (C=O) groups excluding carboxylic acids is 1. The topological polar surface area (TPSA) is 35.5 Å². The zero-order valence-corrected chi connectivity index (χ0v) is 11.3. The summed E-state index contributed by atoms with van der Waals surface area (Å²) < 4.78 is 11.6. The highest BCUT2D eigenvalue weighted by molar-refractivity contribution is 5.74. The molecule has 102 valence electrons. The zero-order chi connectivity index (χ0) is 13.9. The van der Waals surface area contributed by atoms with Crippen molar-refractivity contribution in [3.05, 3.63) is 59.2 Å². The summed E-state index contributed by atoms with van der Waals surface area (Å²) in [6.45, 7) is 2.59. The molecular weight excluding hydrogens is 252 g/mol. The van der Waals surface area contributed by atoms with Gasteiger partial charge in [-0.3, -0.25) is 4.79 Å². The van der Waals surface area contributed by atoms with Gasteiger partial charge in [-0.25, -0.2) is 0 Å². The van der Waals surface area contributed by atoms with E-state index in [2.05, 4.69) is 19.1 Å². The fraction of sp³-hybridized carbons (Fsp3) is 0.235. The summed E-state index contributed by atoms with van der Waals surface area (Å²) in [7, 11) is 0. The van der Waals surface area contributed by atoms with E-state index in [0.29, 0.717) is 12.2 Å². The summed E-state index contributed by atoms with van der Waals surface area (Å²) in [5.41, 5.74) is 3.14. The minimum atomic E-state index is 0.0533. The maximum atomic E-state index is 10.6. The Kier molecular flexibility index (Phi) is 3.42. The van der Waals surface area contributed by atoms with E-state index < -0.39 is 0 Å². The van der Waals surface area contributed by atoms with Gasteiger partial charge in [-0.2, -0.15) is 0 Å². The molecule has 0 aliphatic carbocycles. The minimum absolute atomic E-state index is 0.0533. The molecule has 0 aromatic heterocycles. The van der Waals surface area contributed by atoms with Crippen LogP contribution >= 0.6 is 0 Å². The zero-order valence-electron chi connectivity index (χ0n) is 11.3. The van der Waals surface area contributed by atoms with Gasteiger partial charge in [-0.15, -0.1) is 0 Å². The van der Waals surface area contributed by atoms with Crippen molar-refractivity contribution < 1.29 is 14.3 Å². The van der Waals surface area contributed by atoms with Crippen molar-refractivity contribution in [1.29, 1.82) is 0 Å². The van der Waals surface area contributed by atoms with Crippen molar-refractivity contribution in [2.75, 3.05) is 6.61 Å². The fourth-order valence-electron chi connectivity index (χ4n) is 2.37. The molecule has 0 radical (unpaired) electrons. The first-order valence-corrected chi connectivity index (χ1v) is 6.69. The van der Waals surface area contributed by atoms with Gasteiger partial charge in [0.05, 0.1) is 0 Å². The van der Waals surface area contributed by atoms with Gasteiger partial charge in [-0.1, -0.05) is 17.7 Å². The Morgan fingerprint density at radius 1 is 1.25 bits per heavy atom. The van der Waals surface area contributed by atoms with Gasteiger partial charge in [0.2, 0.25) is 0 Å². The first-order chi connectivity index (χ1) is 9.74. The number of aldehydes is 1. The summed E-state index contributed by atoms with van der Waals surface area (Å²) >= 11 is 0. The maximum absolute atomic E-state index is 10.6. The number of hydrogen-bond acceptors (Lipinski definition) is 3. The average molecular weight is 268 g/mol. The lowest BCUT2D eigenvalue weighted by Crippen LogP contribution is -2.22. The van der Waals surface area contributed by atoms with Gasteiger partial charge in [0.1, 0.15) is 30.5 Å². The third-order valence-corrected chi connectivity index (χ3v) is 3.41. The van der Waals surface area contributed by atoms with Crippen LogP contribution in [0.3, 0.4) is 0 Å². The van der Waals surface area contributed by atoms with E-state index in [0.717, 1.165) is 24.2 Å². The summed E-state index contributed by atoms with van der Waals surface area (Å²) in [6, 6.07) is 13.3. The molecule has 0 fully saturated rings. The maximum Gasteiger partial charge on any atom is 0.150 e. The molecule has 1 aliphatic heterocycles. The molecule has 3 rings (SSSR count). The van der Waals surface area contributed by atoms with Crippen LogP contribution in [0.4, 0.5) is 0 Å². The molecule has 0 saturated carbocycles. The monoisotopic (exact) mass is 268 g/mol. The predicted octanol–water partition coefficient (Wildman–Crippen LogP) is 3.19. The second kappa shape index (κ2) is 5.37. The lowest BCUT2D eigenvalue weighted by molar-refractivity contribution is 0.112. The van der Waals surface area contributed by atoms with Crippen LogP contribution in [0.2, 0.25) is 0 Å². The molecule has 1 unspecified atom stereocenters. The second-order valence-electron chi connectivity index (χ2n) is 5.05. The number of rotatable bonds is 4. The number of hydrogen-bond donors (Lipinski definition) is 0. The Labute approximate surface area is 118 Å². The van der Waals surface area contributed by atoms with Crippen molar-refractivity contribution in [2.24, 2.45) is 0 Å². The SMILES string of the molecule is Cc1ccc2c(c1)CC(COc1ccc(C=O)cc1)O2. The molecule has 1 aliphatic rings. The summed E-state index contributed by atoms with van der Waals surface area (Å²) in [6.07, 6.45) is 1.75. The average Bonchev–Trinajstić information content (AvgIpc) is 2.87. The van der Waals surface area contributed by atoms with Crippen molar-refractivity contribution in [2.45, 2.75) is 19.4 Å². The Bertz CT molecular complexity index is 617. The number of aryl methyl sites for hydroxylation is 1. The molecule has 3 heteroatoms. The van der Waals surface area contributed by atoms with E-state index in [-0.39, 0.29) is 6.10 Å². The standard InChI is InChI=1S/C17H16O3/c1-12-2-7-17-14(8-12)9-16(20-17)11-19-15-5-3-13(10-18)4-6-15/h2-8,10,16H,9,11H2,1H3. The van der Waals surface area contributed by atoms with E-state index in [9.17, 15) is 4.79 Å². The van der Waals surface area contributed by atoms with Crippen molar-refractivity contribution in [3.8, 4) is 11.5 Å². The first-order valence-electron chi connectivity index (χ1n) is 6.69. The molecule has 1 heterocycles. The van der Waals surface area contributed by atoms with Crippen LogP contribution in [0.5, 0.6) is 11.5 Å². The Morgan fingerprint density at radius 3 is 2.80 bits per heavy atom. The quantitative estimate of drug-likeness (QED) is 0.799. The molecule has 0 amide bonds. The lowest BCUT2D eigenvalue weighted by Gasteiger charge is -2.12. The number of benzene rings is 2. The third kappa shape index (κ3) is 2.67. The van der Waals surface area contributed by atoms with E-state index >= 15 is 0 Å². The molecule has 20 heavy (non-hydrogen) atoms. The van der Waals surface area contributed by atoms with E-state index in [1.165, 1.54) is 11.1 Å². The molecule has 2 aromatic rings. The molecule has 0 N–H and O–H groups in total. The molecule has 0 saturated heterocycles. The van der Waals surface area contributed by atoms with Crippen LogP contribution in [0.1, 0.15) is 21.5 Å². The van der Waals surface area contributed by atoms with E-state index in [1.54, 1.807) is 24.3 Å². The Hall–Kier alpha value is -2.29. The highest BCUT2D eigenvalue weighted by Gasteiger charge is 2.23. The number of carbonyl (C=O) groups is 1. The van der Waals surface area contributed by atoms with Gasteiger partial charge in [0.25, 0.3) is 0 Å². The second-order valence-corrected chi connectivity index (χ2v) is 5.05. The lowest BCUT2D eigenvalue weighted by atomic mass is 10.1. The smallest absolute Gasteiger partial charge is 0.150 e. The van der Waals surface area contributed by atoms with Crippen molar-refractivity contribution in [1.82, 2.24) is 0 Å². The van der Waals surface area contributed by atoms with Crippen LogP contribution in [0, 0.1) is 6.92 Å². The molecule has 2 aromatic carbocycles. The van der Waals surface area contributed by atoms with Gasteiger partial charge >= 0.3 is 0 Å². The van der Waals surface area contributed by atoms with Crippen LogP contribution < -0.4 is 9.47 Å². The highest BCUT2D eigenvalue weighted by Crippen LogP contribution is 2.29. The van der Waals surface area contributed by atoms with E-state index in [4.69, 9.17) is 9.47 Å². The summed E-state index contributed by atoms with van der Waals surface area (Å²) in [4.78, 5) is 10.6. The summed E-state index contributed by atoms with van der Waals surface area (Å²) in [5.74, 6) is 1.71. The molecular formula is C17H16O3. The first kappa shape index (κ1) is 12.7. The normalized spacial score (nSPS) is 16.4. The van der Waals surface area contributed by atoms with Crippen molar-refractivity contribution in [3.63, 3.8) is 0 Å². The molecule has 3 nitrogen and oxygen atoms in total. The van der Waals surface area contributed by atoms with Gasteiger partial charge < -0.3 is 9.47 Å². The van der Waals surface area contributed by atoms with Crippen molar-refractivity contribution >= 4 is 6.29 Å². The van der Waals surface area contributed by atoms with Gasteiger partial charge in [-0.05, 0) is 42.8 Å². The molecule has 0 spiro atoms.